The number of hydrogen-bond donors (Lipinski definition) is 1. The quantitative estimate of drug-likeness (QED) is 0.811. The van der Waals surface area contributed by atoms with Gasteiger partial charge >= 0.3 is 5.97 Å². The largest absolute Gasteiger partial charge is 0.462 e. The number of rotatable bonds is 6. The van der Waals surface area contributed by atoms with Crippen molar-refractivity contribution in [3.63, 3.8) is 0 Å². The maximum absolute atomic E-state index is 13.1. The molecule has 0 bridgehead atoms. The van der Waals surface area contributed by atoms with Crippen molar-refractivity contribution in [2.24, 2.45) is 0 Å². The van der Waals surface area contributed by atoms with E-state index in [1.54, 1.807) is 25.7 Å². The lowest BCUT2D eigenvalue weighted by Crippen LogP contribution is -2.37. The number of ether oxygens (including phenoxy) is 1. The lowest BCUT2D eigenvalue weighted by Gasteiger charge is -2.27. The highest BCUT2D eigenvalue weighted by atomic mass is 16.5. The van der Waals surface area contributed by atoms with Gasteiger partial charge in [-0.15, -0.1) is 0 Å². The molecule has 5 nitrogen and oxygen atoms in total. The van der Waals surface area contributed by atoms with E-state index in [9.17, 15) is 9.59 Å². The molecule has 134 valence electrons. The van der Waals surface area contributed by atoms with E-state index in [1.807, 2.05) is 44.2 Å². The number of amides is 1. The monoisotopic (exact) mass is 342 g/mol. The van der Waals surface area contributed by atoms with E-state index >= 15 is 0 Å². The van der Waals surface area contributed by atoms with Gasteiger partial charge in [-0.3, -0.25) is 4.79 Å². The van der Waals surface area contributed by atoms with Gasteiger partial charge < -0.3 is 14.6 Å². The summed E-state index contributed by atoms with van der Waals surface area (Å²) in [5.74, 6) is -0.512. The number of aryl methyl sites for hydroxylation is 1. The minimum absolute atomic E-state index is 0.0294. The van der Waals surface area contributed by atoms with Crippen molar-refractivity contribution in [1.82, 2.24) is 9.88 Å². The molecule has 0 unspecified atom stereocenters. The van der Waals surface area contributed by atoms with E-state index < -0.39 is 5.97 Å². The molecule has 1 aromatic heterocycles. The van der Waals surface area contributed by atoms with Gasteiger partial charge in [0, 0.05) is 18.3 Å². The number of benzene rings is 1. The predicted molar refractivity (Wildman–Crippen MR) is 97.7 cm³/mol. The number of carbonyl (C=O) groups is 2. The number of aromatic nitrogens is 1. The standard InChI is InChI=1S/C20H26N2O3/c1-6-25-20(24)17-14(4)18(21-15(17)5)19(23)22(13(2)3)12-16-10-8-7-9-11-16/h7-11,13,21H,6,12H2,1-5H3. The van der Waals surface area contributed by atoms with Crippen molar-refractivity contribution in [1.29, 1.82) is 0 Å². The van der Waals surface area contributed by atoms with Gasteiger partial charge in [0.25, 0.3) is 5.91 Å². The van der Waals surface area contributed by atoms with Crippen molar-refractivity contribution in [2.45, 2.75) is 47.2 Å². The van der Waals surface area contributed by atoms with Gasteiger partial charge in [-0.1, -0.05) is 30.3 Å². The average Bonchev–Trinajstić information content (AvgIpc) is 2.87. The van der Waals surface area contributed by atoms with Crippen LogP contribution in [-0.4, -0.2) is 34.4 Å². The van der Waals surface area contributed by atoms with Crippen LogP contribution in [0.25, 0.3) is 0 Å². The first-order valence-electron chi connectivity index (χ1n) is 8.58. The molecule has 0 fully saturated rings. The van der Waals surface area contributed by atoms with E-state index in [0.717, 1.165) is 5.56 Å². The first kappa shape index (κ1) is 18.8. The fourth-order valence-corrected chi connectivity index (χ4v) is 2.89. The molecule has 25 heavy (non-hydrogen) atoms. The molecule has 2 rings (SSSR count). The van der Waals surface area contributed by atoms with E-state index in [-0.39, 0.29) is 11.9 Å². The Balaban J connectivity index is 2.34. The Morgan fingerprint density at radius 1 is 1.16 bits per heavy atom. The van der Waals surface area contributed by atoms with Crippen molar-refractivity contribution in [3.8, 4) is 0 Å². The molecule has 0 saturated carbocycles. The van der Waals surface area contributed by atoms with Gasteiger partial charge in [-0.05, 0) is 45.7 Å². The molecule has 0 aliphatic rings. The smallest absolute Gasteiger partial charge is 0.340 e. The Hall–Kier alpha value is -2.56. The molecule has 0 radical (unpaired) electrons. The minimum atomic E-state index is -0.396. The Labute approximate surface area is 149 Å². The second-order valence-electron chi connectivity index (χ2n) is 6.36. The van der Waals surface area contributed by atoms with Gasteiger partial charge in [0.1, 0.15) is 5.69 Å². The average molecular weight is 342 g/mol. The molecule has 1 heterocycles. The number of H-pyrrole nitrogens is 1. The predicted octanol–water partition coefficient (Wildman–Crippen LogP) is 3.86. The van der Waals surface area contributed by atoms with Crippen LogP contribution in [0.15, 0.2) is 30.3 Å². The molecular weight excluding hydrogens is 316 g/mol. The highest BCUT2D eigenvalue weighted by Gasteiger charge is 2.27. The third-order valence-corrected chi connectivity index (χ3v) is 4.21. The number of hydrogen-bond acceptors (Lipinski definition) is 3. The summed E-state index contributed by atoms with van der Waals surface area (Å²) in [4.78, 5) is 30.1. The van der Waals surface area contributed by atoms with Crippen LogP contribution in [0.3, 0.4) is 0 Å². The van der Waals surface area contributed by atoms with Crippen molar-refractivity contribution >= 4 is 11.9 Å². The SMILES string of the molecule is CCOC(=O)c1c(C)[nH]c(C(=O)N(Cc2ccccc2)C(C)C)c1C. The van der Waals surface area contributed by atoms with E-state index in [4.69, 9.17) is 4.74 Å². The van der Waals surface area contributed by atoms with E-state index in [2.05, 4.69) is 4.98 Å². The van der Waals surface area contributed by atoms with Gasteiger partial charge in [0.15, 0.2) is 0 Å². The number of carbonyl (C=O) groups excluding carboxylic acids is 2. The maximum atomic E-state index is 13.1. The van der Waals surface area contributed by atoms with E-state index in [0.29, 0.717) is 35.7 Å². The maximum Gasteiger partial charge on any atom is 0.340 e. The third kappa shape index (κ3) is 4.10. The molecule has 0 aliphatic heterocycles. The van der Waals surface area contributed by atoms with Crippen LogP contribution in [-0.2, 0) is 11.3 Å². The second-order valence-corrected chi connectivity index (χ2v) is 6.36. The third-order valence-electron chi connectivity index (χ3n) is 4.21. The summed E-state index contributed by atoms with van der Waals surface area (Å²) in [6.07, 6.45) is 0. The summed E-state index contributed by atoms with van der Waals surface area (Å²) in [6.45, 7) is 10.1. The van der Waals surface area contributed by atoms with Crippen LogP contribution >= 0.6 is 0 Å². The summed E-state index contributed by atoms with van der Waals surface area (Å²) < 4.78 is 5.10. The Morgan fingerprint density at radius 2 is 1.80 bits per heavy atom. The minimum Gasteiger partial charge on any atom is -0.462 e. The fourth-order valence-electron chi connectivity index (χ4n) is 2.89. The van der Waals surface area contributed by atoms with Gasteiger partial charge in [-0.25, -0.2) is 4.79 Å². The molecule has 0 saturated heterocycles. The Bertz CT molecular complexity index is 748. The summed E-state index contributed by atoms with van der Waals surface area (Å²) in [5.41, 5.74) is 3.26. The molecular formula is C20H26N2O3. The topological polar surface area (TPSA) is 62.4 Å². The van der Waals surface area contributed by atoms with Gasteiger partial charge in [0.2, 0.25) is 0 Å². The van der Waals surface area contributed by atoms with Crippen LogP contribution in [0, 0.1) is 13.8 Å². The summed E-state index contributed by atoms with van der Waals surface area (Å²) >= 11 is 0. The summed E-state index contributed by atoms with van der Waals surface area (Å²) in [5, 5.41) is 0. The first-order chi connectivity index (χ1) is 11.9. The summed E-state index contributed by atoms with van der Waals surface area (Å²) in [7, 11) is 0. The summed E-state index contributed by atoms with van der Waals surface area (Å²) in [6, 6.07) is 9.90. The molecule has 5 heteroatoms. The number of aromatic amines is 1. The first-order valence-corrected chi connectivity index (χ1v) is 8.58. The number of nitrogens with one attached hydrogen (secondary N) is 1. The zero-order valence-electron chi connectivity index (χ0n) is 15.6. The van der Waals surface area contributed by atoms with Crippen LogP contribution in [0.2, 0.25) is 0 Å². The molecule has 0 aliphatic carbocycles. The van der Waals surface area contributed by atoms with Crippen molar-refractivity contribution in [2.75, 3.05) is 6.61 Å². The zero-order chi connectivity index (χ0) is 18.6. The molecule has 1 N–H and O–H groups in total. The van der Waals surface area contributed by atoms with Crippen LogP contribution in [0.1, 0.15) is 58.4 Å². The number of esters is 1. The normalized spacial score (nSPS) is 10.8. The lowest BCUT2D eigenvalue weighted by molar-refractivity contribution is 0.0525. The van der Waals surface area contributed by atoms with Crippen LogP contribution < -0.4 is 0 Å². The molecule has 1 amide bonds. The number of nitrogens with zero attached hydrogens (tertiary/aromatic N) is 1. The zero-order valence-corrected chi connectivity index (χ0v) is 15.6. The Kier molecular flexibility index (Phi) is 6.02. The van der Waals surface area contributed by atoms with Gasteiger partial charge in [-0.2, -0.15) is 0 Å². The van der Waals surface area contributed by atoms with Crippen LogP contribution in [0.4, 0.5) is 0 Å². The molecule has 2 aromatic rings. The van der Waals surface area contributed by atoms with Gasteiger partial charge in [0.05, 0.1) is 12.2 Å². The van der Waals surface area contributed by atoms with Crippen molar-refractivity contribution < 1.29 is 14.3 Å². The molecule has 0 atom stereocenters. The van der Waals surface area contributed by atoms with Crippen molar-refractivity contribution in [3.05, 3.63) is 58.4 Å². The fraction of sp³-hybridized carbons (Fsp3) is 0.400. The Morgan fingerprint density at radius 3 is 2.36 bits per heavy atom. The second kappa shape index (κ2) is 8.01. The lowest BCUT2D eigenvalue weighted by atomic mass is 10.1. The highest BCUT2D eigenvalue weighted by Crippen LogP contribution is 2.22. The highest BCUT2D eigenvalue weighted by molar-refractivity contribution is 6.00. The van der Waals surface area contributed by atoms with Crippen LogP contribution in [0.5, 0.6) is 0 Å². The molecule has 0 spiro atoms. The van der Waals surface area contributed by atoms with E-state index in [1.165, 1.54) is 0 Å². The molecule has 1 aromatic carbocycles.